The Labute approximate surface area is 90.5 Å². The Hall–Kier alpha value is -0.130. The van der Waals surface area contributed by atoms with E-state index in [1.54, 1.807) is 6.92 Å². The number of ether oxygens (including phenoxy) is 1. The molecule has 4 aliphatic heterocycles. The van der Waals surface area contributed by atoms with E-state index in [4.69, 9.17) is 4.74 Å². The van der Waals surface area contributed by atoms with Crippen LogP contribution in [0.4, 0.5) is 0 Å². The van der Waals surface area contributed by atoms with E-state index in [1.165, 1.54) is 0 Å². The Bertz CT molecular complexity index is 372. The van der Waals surface area contributed by atoms with Gasteiger partial charge < -0.3 is 9.64 Å². The molecular formula is C10H17NO3S. The van der Waals surface area contributed by atoms with Gasteiger partial charge in [0.15, 0.2) is 15.3 Å². The maximum atomic E-state index is 11.8. The maximum Gasteiger partial charge on any atom is 0.179 e. The first-order valence-corrected chi connectivity index (χ1v) is 7.35. The van der Waals surface area contributed by atoms with Gasteiger partial charge in [-0.2, -0.15) is 0 Å². The molecule has 5 heteroatoms. The number of piperidine rings is 3. The number of rotatable bonds is 0. The summed E-state index contributed by atoms with van der Waals surface area (Å²) in [4.78, 5) is 2.34. The van der Waals surface area contributed by atoms with Crippen molar-refractivity contribution in [3.63, 3.8) is 0 Å². The lowest BCUT2D eigenvalue weighted by Gasteiger charge is -2.50. The molecule has 15 heavy (non-hydrogen) atoms. The second kappa shape index (κ2) is 2.96. The van der Waals surface area contributed by atoms with Crippen molar-refractivity contribution in [3.8, 4) is 0 Å². The average molecular weight is 231 g/mol. The topological polar surface area (TPSA) is 46.6 Å². The molecule has 0 aromatic rings. The van der Waals surface area contributed by atoms with Crippen LogP contribution in [0.2, 0.25) is 0 Å². The molecule has 0 aromatic carbocycles. The predicted molar refractivity (Wildman–Crippen MR) is 56.2 cm³/mol. The van der Waals surface area contributed by atoms with E-state index in [0.29, 0.717) is 5.92 Å². The summed E-state index contributed by atoms with van der Waals surface area (Å²) in [6.45, 7) is 4.72. The van der Waals surface area contributed by atoms with E-state index < -0.39 is 15.3 Å². The fraction of sp³-hybridized carbons (Fsp3) is 1.00. The standard InChI is InChI=1S/C10H17NO3S/c1-8-14-10(7-15(8,12)13)6-11-4-2-9(10)3-5-11/h8-9H,2-7H2,1H3. The SMILES string of the molecule is CC1OC2(CN3CCC2CC3)CS1(=O)=O. The molecule has 2 bridgehead atoms. The average Bonchev–Trinajstić information content (AvgIpc) is 2.38. The number of fused-ring (bicyclic) bond motifs is 2. The van der Waals surface area contributed by atoms with Gasteiger partial charge in [-0.05, 0) is 38.8 Å². The van der Waals surface area contributed by atoms with E-state index in [1.807, 2.05) is 0 Å². The van der Waals surface area contributed by atoms with E-state index in [0.717, 1.165) is 32.5 Å². The molecule has 0 radical (unpaired) electrons. The first-order chi connectivity index (χ1) is 7.02. The molecule has 4 saturated heterocycles. The van der Waals surface area contributed by atoms with Crippen LogP contribution in [-0.2, 0) is 14.6 Å². The van der Waals surface area contributed by atoms with Gasteiger partial charge in [0.25, 0.3) is 0 Å². The Morgan fingerprint density at radius 2 is 2.00 bits per heavy atom. The third kappa shape index (κ3) is 1.36. The minimum atomic E-state index is -3.00. The first kappa shape index (κ1) is 10.1. The Balaban J connectivity index is 1.94. The van der Waals surface area contributed by atoms with Gasteiger partial charge in [-0.3, -0.25) is 0 Å². The van der Waals surface area contributed by atoms with E-state index >= 15 is 0 Å². The molecule has 0 aromatic heterocycles. The lowest BCUT2D eigenvalue weighted by molar-refractivity contribution is -0.133. The summed E-state index contributed by atoms with van der Waals surface area (Å²) in [5, 5.41) is 0. The zero-order valence-corrected chi connectivity index (χ0v) is 9.79. The Morgan fingerprint density at radius 1 is 1.33 bits per heavy atom. The van der Waals surface area contributed by atoms with Crippen molar-refractivity contribution < 1.29 is 13.2 Å². The van der Waals surface area contributed by atoms with E-state index in [9.17, 15) is 8.42 Å². The molecule has 4 rings (SSSR count). The highest BCUT2D eigenvalue weighted by molar-refractivity contribution is 7.92. The smallest absolute Gasteiger partial charge is 0.179 e. The van der Waals surface area contributed by atoms with Crippen molar-refractivity contribution in [2.24, 2.45) is 5.92 Å². The van der Waals surface area contributed by atoms with E-state index in [-0.39, 0.29) is 11.4 Å². The van der Waals surface area contributed by atoms with E-state index in [2.05, 4.69) is 4.90 Å². The summed E-state index contributed by atoms with van der Waals surface area (Å²) in [5.74, 6) is 0.699. The second-order valence-electron chi connectivity index (χ2n) is 5.11. The van der Waals surface area contributed by atoms with Gasteiger partial charge in [0.05, 0.1) is 11.4 Å². The molecule has 4 fully saturated rings. The van der Waals surface area contributed by atoms with Crippen molar-refractivity contribution in [3.05, 3.63) is 0 Å². The van der Waals surface area contributed by atoms with Crippen molar-refractivity contribution in [1.29, 1.82) is 0 Å². The monoisotopic (exact) mass is 231 g/mol. The molecule has 1 spiro atoms. The van der Waals surface area contributed by atoms with Gasteiger partial charge in [0.1, 0.15) is 0 Å². The summed E-state index contributed by atoms with van der Waals surface area (Å²) in [6.07, 6.45) is 2.20. The molecule has 0 aliphatic carbocycles. The van der Waals surface area contributed by atoms with Gasteiger partial charge in [-0.15, -0.1) is 0 Å². The number of nitrogens with zero attached hydrogens (tertiary/aromatic N) is 1. The molecule has 2 unspecified atom stereocenters. The van der Waals surface area contributed by atoms with Crippen LogP contribution < -0.4 is 0 Å². The van der Waals surface area contributed by atoms with Gasteiger partial charge in [0.2, 0.25) is 0 Å². The van der Waals surface area contributed by atoms with Crippen LogP contribution in [0.3, 0.4) is 0 Å². The van der Waals surface area contributed by atoms with Crippen LogP contribution in [0.15, 0.2) is 0 Å². The summed E-state index contributed by atoms with van der Waals surface area (Å²) in [5.41, 5.74) is -0.965. The fourth-order valence-corrected chi connectivity index (χ4v) is 4.97. The normalized spacial score (nSPS) is 52.5. The summed E-state index contributed by atoms with van der Waals surface area (Å²) >= 11 is 0. The Morgan fingerprint density at radius 3 is 2.40 bits per heavy atom. The number of hydrogen-bond donors (Lipinski definition) is 0. The lowest BCUT2D eigenvalue weighted by Crippen LogP contribution is -2.60. The predicted octanol–water partition coefficient (Wildman–Crippen LogP) is 0.242. The minimum Gasteiger partial charge on any atom is -0.353 e. The highest BCUT2D eigenvalue weighted by Crippen LogP contribution is 2.44. The minimum absolute atomic E-state index is 0.238. The van der Waals surface area contributed by atoms with Gasteiger partial charge >= 0.3 is 0 Å². The first-order valence-electron chi connectivity index (χ1n) is 5.64. The van der Waals surface area contributed by atoms with Crippen LogP contribution in [0.5, 0.6) is 0 Å². The zero-order chi connectivity index (χ0) is 10.7. The lowest BCUT2D eigenvalue weighted by atomic mass is 9.76. The molecule has 0 N–H and O–H groups in total. The van der Waals surface area contributed by atoms with Crippen LogP contribution in [-0.4, -0.2) is 49.7 Å². The van der Waals surface area contributed by atoms with Gasteiger partial charge in [-0.25, -0.2) is 8.42 Å². The molecule has 4 aliphatic rings. The van der Waals surface area contributed by atoms with Crippen molar-refractivity contribution >= 4 is 9.84 Å². The molecular weight excluding hydrogens is 214 g/mol. The van der Waals surface area contributed by atoms with Crippen LogP contribution >= 0.6 is 0 Å². The largest absolute Gasteiger partial charge is 0.353 e. The second-order valence-corrected chi connectivity index (χ2v) is 7.39. The number of sulfone groups is 1. The summed E-state index contributed by atoms with van der Waals surface area (Å²) in [7, 11) is -3.00. The Kier molecular flexibility index (Phi) is 1.98. The maximum absolute atomic E-state index is 11.8. The molecule has 2 atom stereocenters. The fourth-order valence-electron chi connectivity index (χ4n) is 3.32. The number of hydrogen-bond acceptors (Lipinski definition) is 4. The third-order valence-electron chi connectivity index (χ3n) is 4.17. The highest BCUT2D eigenvalue weighted by atomic mass is 32.2. The van der Waals surface area contributed by atoms with Gasteiger partial charge in [0, 0.05) is 6.54 Å². The van der Waals surface area contributed by atoms with Crippen molar-refractivity contribution in [2.75, 3.05) is 25.4 Å². The zero-order valence-electron chi connectivity index (χ0n) is 8.98. The van der Waals surface area contributed by atoms with Gasteiger partial charge in [-0.1, -0.05) is 0 Å². The third-order valence-corrected chi connectivity index (χ3v) is 6.17. The van der Waals surface area contributed by atoms with Crippen molar-refractivity contribution in [1.82, 2.24) is 4.90 Å². The molecule has 0 saturated carbocycles. The summed E-state index contributed by atoms with van der Waals surface area (Å²) < 4.78 is 29.3. The van der Waals surface area contributed by atoms with Crippen LogP contribution in [0, 0.1) is 5.92 Å². The van der Waals surface area contributed by atoms with Crippen LogP contribution in [0.25, 0.3) is 0 Å². The molecule has 0 amide bonds. The quantitative estimate of drug-likeness (QED) is 0.599. The molecule has 86 valence electrons. The van der Waals surface area contributed by atoms with Crippen LogP contribution in [0.1, 0.15) is 19.8 Å². The molecule has 4 heterocycles. The summed E-state index contributed by atoms with van der Waals surface area (Å²) in [6, 6.07) is 0. The highest BCUT2D eigenvalue weighted by Gasteiger charge is 2.56. The molecule has 4 nitrogen and oxygen atoms in total. The van der Waals surface area contributed by atoms with Crippen molar-refractivity contribution in [2.45, 2.75) is 30.8 Å².